The van der Waals surface area contributed by atoms with E-state index in [-0.39, 0.29) is 30.1 Å². The molecule has 0 saturated carbocycles. The first kappa shape index (κ1) is 18.5. The summed E-state index contributed by atoms with van der Waals surface area (Å²) in [5, 5.41) is 6.85. The molecule has 0 spiro atoms. The molecule has 2 aromatic heterocycles. The van der Waals surface area contributed by atoms with Crippen molar-refractivity contribution in [1.29, 1.82) is 0 Å². The molecule has 1 N–H and O–H groups in total. The number of nitrogens with zero attached hydrogens (tertiary/aromatic N) is 2. The Morgan fingerprint density at radius 1 is 1.31 bits per heavy atom. The summed E-state index contributed by atoms with van der Waals surface area (Å²) in [7, 11) is 1.39. The molecule has 1 aliphatic heterocycles. The number of esters is 1. The van der Waals surface area contributed by atoms with Gasteiger partial charge in [0, 0.05) is 18.5 Å². The summed E-state index contributed by atoms with van der Waals surface area (Å²) < 4.78 is 4.76. The number of methoxy groups -OCH3 is 1. The summed E-state index contributed by atoms with van der Waals surface area (Å²) in [6.45, 7) is 1.09. The van der Waals surface area contributed by atoms with Crippen LogP contribution in [0, 0.1) is 5.92 Å². The number of hydrogen-bond acceptors (Lipinski definition) is 7. The number of carbonyl (C=O) groups is 3. The van der Waals surface area contributed by atoms with Crippen molar-refractivity contribution in [3.8, 4) is 0 Å². The standard InChI is InChI=1S/C17H19N3O4S2/c1-24-16(23)11-4-6-20(7-5-11)14(21)9-12-10-26-17(18-12)19-15(22)13-3-2-8-25-13/h2-3,8,10-11H,4-7,9H2,1H3,(H,18,19,22). The fraction of sp³-hybridized carbons (Fsp3) is 0.412. The number of thiophene rings is 1. The second kappa shape index (κ2) is 8.41. The summed E-state index contributed by atoms with van der Waals surface area (Å²) in [4.78, 5) is 42.7. The zero-order valence-corrected chi connectivity index (χ0v) is 15.9. The lowest BCUT2D eigenvalue weighted by Crippen LogP contribution is -2.41. The summed E-state index contributed by atoms with van der Waals surface area (Å²) >= 11 is 2.66. The summed E-state index contributed by atoms with van der Waals surface area (Å²) in [6.07, 6.45) is 1.43. The number of hydrogen-bond donors (Lipinski definition) is 1. The Hall–Kier alpha value is -2.26. The average molecular weight is 393 g/mol. The van der Waals surface area contributed by atoms with Gasteiger partial charge in [-0.3, -0.25) is 19.7 Å². The Morgan fingerprint density at radius 2 is 2.08 bits per heavy atom. The predicted molar refractivity (Wildman–Crippen MR) is 99.4 cm³/mol. The van der Waals surface area contributed by atoms with Crippen LogP contribution in [0.4, 0.5) is 5.13 Å². The number of nitrogens with one attached hydrogen (secondary N) is 1. The zero-order valence-electron chi connectivity index (χ0n) is 14.3. The first-order valence-electron chi connectivity index (χ1n) is 8.21. The minimum Gasteiger partial charge on any atom is -0.469 e. The lowest BCUT2D eigenvalue weighted by Gasteiger charge is -2.30. The van der Waals surface area contributed by atoms with Crippen LogP contribution in [0.3, 0.4) is 0 Å². The number of aromatic nitrogens is 1. The number of rotatable bonds is 5. The predicted octanol–water partition coefficient (Wildman–Crippen LogP) is 2.41. The number of amides is 2. The normalized spacial score (nSPS) is 14.9. The van der Waals surface area contributed by atoms with Crippen molar-refractivity contribution in [2.45, 2.75) is 19.3 Å². The van der Waals surface area contributed by atoms with Gasteiger partial charge < -0.3 is 9.64 Å². The molecule has 9 heteroatoms. The smallest absolute Gasteiger partial charge is 0.308 e. The van der Waals surface area contributed by atoms with Gasteiger partial charge in [0.25, 0.3) is 5.91 Å². The third kappa shape index (κ3) is 4.47. The van der Waals surface area contributed by atoms with Gasteiger partial charge in [0.1, 0.15) is 0 Å². The van der Waals surface area contributed by atoms with Crippen molar-refractivity contribution < 1.29 is 19.1 Å². The van der Waals surface area contributed by atoms with Crippen molar-refractivity contribution in [1.82, 2.24) is 9.88 Å². The minimum atomic E-state index is -0.206. The summed E-state index contributed by atoms with van der Waals surface area (Å²) in [5.74, 6) is -0.544. The first-order valence-corrected chi connectivity index (χ1v) is 9.97. The van der Waals surface area contributed by atoms with E-state index in [1.54, 1.807) is 16.3 Å². The third-order valence-corrected chi connectivity index (χ3v) is 5.91. The van der Waals surface area contributed by atoms with Gasteiger partial charge >= 0.3 is 5.97 Å². The Labute approximate surface area is 159 Å². The molecule has 0 bridgehead atoms. The van der Waals surface area contributed by atoms with Crippen LogP contribution in [0.5, 0.6) is 0 Å². The van der Waals surface area contributed by atoms with Gasteiger partial charge in [-0.15, -0.1) is 22.7 Å². The molecule has 3 heterocycles. The highest BCUT2D eigenvalue weighted by atomic mass is 32.1. The van der Waals surface area contributed by atoms with E-state index in [0.29, 0.717) is 41.6 Å². The topological polar surface area (TPSA) is 88.6 Å². The van der Waals surface area contributed by atoms with Crippen LogP contribution in [0.2, 0.25) is 0 Å². The van der Waals surface area contributed by atoms with Gasteiger partial charge in [-0.25, -0.2) is 4.98 Å². The van der Waals surface area contributed by atoms with Gasteiger partial charge in [0.2, 0.25) is 5.91 Å². The van der Waals surface area contributed by atoms with E-state index in [1.807, 2.05) is 11.4 Å². The van der Waals surface area contributed by atoms with Crippen LogP contribution >= 0.6 is 22.7 Å². The Bertz CT molecular complexity index is 780. The molecule has 0 atom stereocenters. The molecule has 138 valence electrons. The van der Waals surface area contributed by atoms with E-state index in [9.17, 15) is 14.4 Å². The van der Waals surface area contributed by atoms with Crippen LogP contribution in [0.25, 0.3) is 0 Å². The molecule has 1 saturated heterocycles. The lowest BCUT2D eigenvalue weighted by molar-refractivity contribution is -0.148. The highest BCUT2D eigenvalue weighted by Gasteiger charge is 2.28. The maximum Gasteiger partial charge on any atom is 0.308 e. The first-order chi connectivity index (χ1) is 12.6. The molecule has 0 radical (unpaired) electrons. The number of carbonyl (C=O) groups excluding carboxylic acids is 3. The summed E-state index contributed by atoms with van der Waals surface area (Å²) in [5.41, 5.74) is 0.636. The molecule has 2 amide bonds. The van der Waals surface area contributed by atoms with Crippen molar-refractivity contribution in [2.24, 2.45) is 5.92 Å². The highest BCUT2D eigenvalue weighted by molar-refractivity contribution is 7.14. The zero-order chi connectivity index (χ0) is 18.5. The van der Waals surface area contributed by atoms with Crippen LogP contribution < -0.4 is 5.32 Å². The Balaban J connectivity index is 1.50. The second-order valence-electron chi connectivity index (χ2n) is 5.93. The van der Waals surface area contributed by atoms with E-state index < -0.39 is 0 Å². The molecular formula is C17H19N3O4S2. The molecule has 1 aliphatic rings. The summed E-state index contributed by atoms with van der Waals surface area (Å²) in [6, 6.07) is 3.56. The molecule has 1 fully saturated rings. The third-order valence-electron chi connectivity index (χ3n) is 4.23. The molecular weight excluding hydrogens is 374 g/mol. The lowest BCUT2D eigenvalue weighted by atomic mass is 9.97. The van der Waals surface area contributed by atoms with Crippen molar-refractivity contribution in [3.05, 3.63) is 33.5 Å². The maximum absolute atomic E-state index is 12.4. The number of ether oxygens (including phenoxy) is 1. The van der Waals surface area contributed by atoms with Crippen molar-refractivity contribution >= 4 is 45.6 Å². The number of likely N-dealkylation sites (tertiary alicyclic amines) is 1. The molecule has 0 aliphatic carbocycles. The van der Waals surface area contributed by atoms with Crippen molar-refractivity contribution in [3.63, 3.8) is 0 Å². The van der Waals surface area contributed by atoms with Gasteiger partial charge in [-0.2, -0.15) is 0 Å². The fourth-order valence-electron chi connectivity index (χ4n) is 2.81. The monoisotopic (exact) mass is 393 g/mol. The van der Waals surface area contributed by atoms with Gasteiger partial charge in [0.15, 0.2) is 5.13 Å². The molecule has 7 nitrogen and oxygen atoms in total. The van der Waals surface area contributed by atoms with Crippen LogP contribution in [-0.4, -0.2) is 47.9 Å². The van der Waals surface area contributed by atoms with Gasteiger partial charge in [-0.05, 0) is 24.3 Å². The largest absolute Gasteiger partial charge is 0.469 e. The fourth-order valence-corrected chi connectivity index (χ4v) is 4.13. The highest BCUT2D eigenvalue weighted by Crippen LogP contribution is 2.21. The van der Waals surface area contributed by atoms with E-state index >= 15 is 0 Å². The van der Waals surface area contributed by atoms with E-state index in [4.69, 9.17) is 4.74 Å². The molecule has 2 aromatic rings. The van der Waals surface area contributed by atoms with E-state index in [2.05, 4.69) is 10.3 Å². The average Bonchev–Trinajstić information content (AvgIpc) is 3.33. The Kier molecular flexibility index (Phi) is 6.00. The van der Waals surface area contributed by atoms with Crippen molar-refractivity contribution in [2.75, 3.05) is 25.5 Å². The Morgan fingerprint density at radius 3 is 2.73 bits per heavy atom. The quantitative estimate of drug-likeness (QED) is 0.788. The van der Waals surface area contributed by atoms with Crippen LogP contribution in [0.15, 0.2) is 22.9 Å². The van der Waals surface area contributed by atoms with Crippen LogP contribution in [0.1, 0.15) is 28.2 Å². The second-order valence-corrected chi connectivity index (χ2v) is 7.74. The number of piperidine rings is 1. The van der Waals surface area contributed by atoms with E-state index in [0.717, 1.165) is 0 Å². The van der Waals surface area contributed by atoms with Gasteiger partial charge in [-0.1, -0.05) is 6.07 Å². The minimum absolute atomic E-state index is 0.0188. The van der Waals surface area contributed by atoms with E-state index in [1.165, 1.54) is 29.8 Å². The number of anilines is 1. The van der Waals surface area contributed by atoms with Gasteiger partial charge in [0.05, 0.1) is 30.0 Å². The number of thiazole rings is 1. The molecule has 3 rings (SSSR count). The maximum atomic E-state index is 12.4. The molecule has 0 unspecified atom stereocenters. The SMILES string of the molecule is COC(=O)C1CCN(C(=O)Cc2csc(NC(=O)c3cccs3)n2)CC1. The molecule has 0 aromatic carbocycles. The molecule has 26 heavy (non-hydrogen) atoms. The van der Waals surface area contributed by atoms with Crippen LogP contribution in [-0.2, 0) is 20.7 Å².